The molecule has 1 rings (SSSR count). The number of carbonyl (C=O) groups is 1. The van der Waals surface area contributed by atoms with E-state index in [0.29, 0.717) is 19.0 Å². The standard InChI is InChI=1S/C14H19F2N3O2/c1-3-17-14(18-7-6-13(20)21-2)19-9-10-8-11(15)4-5-12(10)16/h4-5,8H,3,6-7,9H2,1-2H3,(H2,17,18,19). The normalized spacial score (nSPS) is 11.1. The first-order chi connectivity index (χ1) is 10.1. The molecule has 0 aliphatic heterocycles. The molecule has 7 heteroatoms. The first-order valence-corrected chi connectivity index (χ1v) is 6.59. The molecule has 0 radical (unpaired) electrons. The highest BCUT2D eigenvalue weighted by Crippen LogP contribution is 2.10. The Kier molecular flexibility index (Phi) is 7.14. The fourth-order valence-corrected chi connectivity index (χ4v) is 1.56. The summed E-state index contributed by atoms with van der Waals surface area (Å²) in [6.07, 6.45) is 0.190. The predicted octanol–water partition coefficient (Wildman–Crippen LogP) is 1.58. The number of methoxy groups -OCH3 is 1. The minimum absolute atomic E-state index is 0.00283. The average Bonchev–Trinajstić information content (AvgIpc) is 2.47. The van der Waals surface area contributed by atoms with Crippen molar-refractivity contribution in [3.05, 3.63) is 35.4 Å². The van der Waals surface area contributed by atoms with Gasteiger partial charge < -0.3 is 15.4 Å². The molecule has 116 valence electrons. The van der Waals surface area contributed by atoms with E-state index >= 15 is 0 Å². The SMILES string of the molecule is CCNC(=NCc1cc(F)ccc1F)NCCC(=O)OC. The van der Waals surface area contributed by atoms with E-state index in [2.05, 4.69) is 20.4 Å². The number of carbonyl (C=O) groups excluding carboxylic acids is 1. The fraction of sp³-hybridized carbons (Fsp3) is 0.429. The number of esters is 1. The topological polar surface area (TPSA) is 62.7 Å². The summed E-state index contributed by atoms with van der Waals surface area (Å²) in [6, 6.07) is 3.23. The summed E-state index contributed by atoms with van der Waals surface area (Å²) < 4.78 is 31.0. The van der Waals surface area contributed by atoms with Crippen molar-refractivity contribution in [3.8, 4) is 0 Å². The summed E-state index contributed by atoms with van der Waals surface area (Å²) in [5, 5.41) is 5.86. The second kappa shape index (κ2) is 8.89. The smallest absolute Gasteiger partial charge is 0.307 e. The molecule has 0 aliphatic rings. The van der Waals surface area contributed by atoms with Crippen molar-refractivity contribution < 1.29 is 18.3 Å². The lowest BCUT2D eigenvalue weighted by Crippen LogP contribution is -2.38. The molecule has 2 N–H and O–H groups in total. The van der Waals surface area contributed by atoms with Gasteiger partial charge in [0.05, 0.1) is 20.1 Å². The summed E-state index contributed by atoms with van der Waals surface area (Å²) in [7, 11) is 1.31. The Hall–Kier alpha value is -2.18. The third kappa shape index (κ3) is 6.20. The highest BCUT2D eigenvalue weighted by atomic mass is 19.1. The molecule has 5 nitrogen and oxygen atoms in total. The van der Waals surface area contributed by atoms with Crippen molar-refractivity contribution >= 4 is 11.9 Å². The van der Waals surface area contributed by atoms with Gasteiger partial charge in [0, 0.05) is 18.7 Å². The Morgan fingerprint density at radius 1 is 1.33 bits per heavy atom. The predicted molar refractivity (Wildman–Crippen MR) is 75.8 cm³/mol. The van der Waals surface area contributed by atoms with Crippen molar-refractivity contribution in [1.29, 1.82) is 0 Å². The lowest BCUT2D eigenvalue weighted by atomic mass is 10.2. The van der Waals surface area contributed by atoms with Gasteiger partial charge in [0.15, 0.2) is 5.96 Å². The largest absolute Gasteiger partial charge is 0.469 e. The number of nitrogens with zero attached hydrogens (tertiary/aromatic N) is 1. The Morgan fingerprint density at radius 2 is 2.10 bits per heavy atom. The van der Waals surface area contributed by atoms with Crippen molar-refractivity contribution in [2.45, 2.75) is 19.9 Å². The maximum atomic E-state index is 13.5. The van der Waals surface area contributed by atoms with E-state index in [-0.39, 0.29) is 24.5 Å². The van der Waals surface area contributed by atoms with E-state index in [1.165, 1.54) is 7.11 Å². The van der Waals surface area contributed by atoms with Gasteiger partial charge in [-0.25, -0.2) is 13.8 Å². The molecule has 0 atom stereocenters. The lowest BCUT2D eigenvalue weighted by Gasteiger charge is -2.10. The van der Waals surface area contributed by atoms with Crippen LogP contribution in [0.25, 0.3) is 0 Å². The Bertz CT molecular complexity index is 507. The summed E-state index contributed by atoms with van der Waals surface area (Å²) in [5.41, 5.74) is 0.167. The van der Waals surface area contributed by atoms with Crippen LogP contribution >= 0.6 is 0 Å². The van der Waals surface area contributed by atoms with Crippen LogP contribution in [0.2, 0.25) is 0 Å². The molecule has 0 aromatic heterocycles. The van der Waals surface area contributed by atoms with Crippen molar-refractivity contribution in [2.75, 3.05) is 20.2 Å². The van der Waals surface area contributed by atoms with Crippen LogP contribution in [0.5, 0.6) is 0 Å². The quantitative estimate of drug-likeness (QED) is 0.476. The molecule has 0 spiro atoms. The minimum atomic E-state index is -0.509. The molecule has 0 aliphatic carbocycles. The molecule has 0 amide bonds. The second-order valence-electron chi connectivity index (χ2n) is 4.18. The van der Waals surface area contributed by atoms with Crippen LogP contribution in [-0.4, -0.2) is 32.1 Å². The zero-order valence-corrected chi connectivity index (χ0v) is 12.1. The van der Waals surface area contributed by atoms with E-state index in [1.807, 2.05) is 6.92 Å². The minimum Gasteiger partial charge on any atom is -0.469 e. The molecule has 0 fully saturated rings. The number of hydrogen-bond acceptors (Lipinski definition) is 3. The number of halogens is 2. The van der Waals surface area contributed by atoms with Gasteiger partial charge in [0.1, 0.15) is 11.6 Å². The molecular weight excluding hydrogens is 280 g/mol. The van der Waals surface area contributed by atoms with Gasteiger partial charge in [0.25, 0.3) is 0 Å². The molecule has 21 heavy (non-hydrogen) atoms. The van der Waals surface area contributed by atoms with Crippen LogP contribution < -0.4 is 10.6 Å². The first kappa shape index (κ1) is 16.9. The Morgan fingerprint density at radius 3 is 2.76 bits per heavy atom. The maximum absolute atomic E-state index is 13.5. The number of benzene rings is 1. The average molecular weight is 299 g/mol. The second-order valence-corrected chi connectivity index (χ2v) is 4.18. The number of aliphatic imine (C=N–C) groups is 1. The van der Waals surface area contributed by atoms with Crippen molar-refractivity contribution in [1.82, 2.24) is 10.6 Å². The number of ether oxygens (including phenoxy) is 1. The van der Waals surface area contributed by atoms with E-state index in [0.717, 1.165) is 18.2 Å². The first-order valence-electron chi connectivity index (χ1n) is 6.59. The number of nitrogens with one attached hydrogen (secondary N) is 2. The molecule has 1 aromatic carbocycles. The molecular formula is C14H19F2N3O2. The highest BCUT2D eigenvalue weighted by molar-refractivity contribution is 5.80. The zero-order valence-electron chi connectivity index (χ0n) is 12.1. The van der Waals surface area contributed by atoms with E-state index < -0.39 is 11.6 Å². The maximum Gasteiger partial charge on any atom is 0.307 e. The molecule has 1 aromatic rings. The molecule has 0 saturated carbocycles. The highest BCUT2D eigenvalue weighted by Gasteiger charge is 2.05. The number of hydrogen-bond donors (Lipinski definition) is 2. The summed E-state index contributed by atoms with van der Waals surface area (Å²) in [4.78, 5) is 15.1. The van der Waals surface area contributed by atoms with Crippen molar-refractivity contribution in [2.24, 2.45) is 4.99 Å². The third-order valence-electron chi connectivity index (χ3n) is 2.61. The summed E-state index contributed by atoms with van der Waals surface area (Å²) >= 11 is 0. The summed E-state index contributed by atoms with van der Waals surface area (Å²) in [6.45, 7) is 2.82. The van der Waals surface area contributed by atoms with E-state index in [1.54, 1.807) is 0 Å². The van der Waals surface area contributed by atoms with Gasteiger partial charge in [-0.15, -0.1) is 0 Å². The van der Waals surface area contributed by atoms with Gasteiger partial charge >= 0.3 is 5.97 Å². The number of rotatable bonds is 6. The van der Waals surface area contributed by atoms with Gasteiger partial charge in [-0.2, -0.15) is 0 Å². The Labute approximate surface area is 122 Å². The molecule has 0 heterocycles. The van der Waals surface area contributed by atoms with Crippen LogP contribution in [-0.2, 0) is 16.1 Å². The van der Waals surface area contributed by atoms with Crippen LogP contribution in [0, 0.1) is 11.6 Å². The van der Waals surface area contributed by atoms with E-state index in [9.17, 15) is 13.6 Å². The van der Waals surface area contributed by atoms with Gasteiger partial charge in [-0.3, -0.25) is 4.79 Å². The van der Waals surface area contributed by atoms with Crippen LogP contribution in [0.4, 0.5) is 8.78 Å². The summed E-state index contributed by atoms with van der Waals surface area (Å²) in [5.74, 6) is -0.935. The van der Waals surface area contributed by atoms with Gasteiger partial charge in [-0.1, -0.05) is 0 Å². The number of guanidine groups is 1. The third-order valence-corrected chi connectivity index (χ3v) is 2.61. The fourth-order valence-electron chi connectivity index (χ4n) is 1.56. The Balaban J connectivity index is 2.62. The lowest BCUT2D eigenvalue weighted by molar-refractivity contribution is -0.140. The molecule has 0 saturated heterocycles. The van der Waals surface area contributed by atoms with Crippen LogP contribution in [0.15, 0.2) is 23.2 Å². The molecule has 0 unspecified atom stereocenters. The van der Waals surface area contributed by atoms with Crippen molar-refractivity contribution in [3.63, 3.8) is 0 Å². The van der Waals surface area contributed by atoms with Gasteiger partial charge in [-0.05, 0) is 25.1 Å². The van der Waals surface area contributed by atoms with Crippen LogP contribution in [0.1, 0.15) is 18.9 Å². The van der Waals surface area contributed by atoms with Crippen LogP contribution in [0.3, 0.4) is 0 Å². The zero-order chi connectivity index (χ0) is 15.7. The molecule has 0 bridgehead atoms. The van der Waals surface area contributed by atoms with E-state index in [4.69, 9.17) is 0 Å². The monoisotopic (exact) mass is 299 g/mol. The van der Waals surface area contributed by atoms with Gasteiger partial charge in [0.2, 0.25) is 0 Å².